The van der Waals surface area contributed by atoms with Crippen LogP contribution in [0.5, 0.6) is 5.75 Å². The van der Waals surface area contributed by atoms with Crippen LogP contribution in [0.4, 0.5) is 5.69 Å². The number of anilines is 1. The molecular weight excluding hydrogens is 258 g/mol. The fourth-order valence-corrected chi connectivity index (χ4v) is 1.70. The first-order valence-electron chi connectivity index (χ1n) is 6.25. The van der Waals surface area contributed by atoms with Crippen LogP contribution in [0.2, 0.25) is 0 Å². The predicted molar refractivity (Wildman–Crippen MR) is 77.6 cm³/mol. The zero-order valence-corrected chi connectivity index (χ0v) is 12.2. The number of hydrogen-bond acceptors (Lipinski definition) is 4. The fourth-order valence-electron chi connectivity index (χ4n) is 1.70. The standard InChI is InChI=1S/C14H21N3O3/c1-14(2,13(19)16-3)8-17-12(18)9-5-6-11(20-4)10(15)7-9/h5-7H,8,15H2,1-4H3,(H,16,19)(H,17,18). The molecule has 0 radical (unpaired) electrons. The summed E-state index contributed by atoms with van der Waals surface area (Å²) in [6.07, 6.45) is 0. The average molecular weight is 279 g/mol. The van der Waals surface area contributed by atoms with Gasteiger partial charge >= 0.3 is 0 Å². The number of carbonyl (C=O) groups is 2. The molecule has 0 aliphatic rings. The third kappa shape index (κ3) is 3.63. The summed E-state index contributed by atoms with van der Waals surface area (Å²) in [6, 6.07) is 4.80. The molecule has 2 amide bonds. The maximum atomic E-state index is 12.0. The minimum atomic E-state index is -0.678. The van der Waals surface area contributed by atoms with Crippen molar-refractivity contribution in [1.82, 2.24) is 10.6 Å². The molecule has 0 saturated carbocycles. The van der Waals surface area contributed by atoms with Gasteiger partial charge in [0.05, 0.1) is 18.2 Å². The van der Waals surface area contributed by atoms with E-state index in [1.165, 1.54) is 7.11 Å². The molecule has 20 heavy (non-hydrogen) atoms. The van der Waals surface area contributed by atoms with Crippen molar-refractivity contribution in [2.24, 2.45) is 5.41 Å². The molecule has 0 bridgehead atoms. The van der Waals surface area contributed by atoms with Crippen molar-refractivity contribution >= 4 is 17.5 Å². The van der Waals surface area contributed by atoms with E-state index >= 15 is 0 Å². The molecule has 0 spiro atoms. The summed E-state index contributed by atoms with van der Waals surface area (Å²) >= 11 is 0. The molecule has 0 heterocycles. The second kappa shape index (κ2) is 6.27. The Kier molecular flexibility index (Phi) is 4.96. The highest BCUT2D eigenvalue weighted by Crippen LogP contribution is 2.22. The SMILES string of the molecule is CNC(=O)C(C)(C)CNC(=O)c1ccc(OC)c(N)c1. The van der Waals surface area contributed by atoms with Gasteiger partial charge in [0.1, 0.15) is 5.75 Å². The number of hydrogen-bond donors (Lipinski definition) is 3. The summed E-state index contributed by atoms with van der Waals surface area (Å²) < 4.78 is 5.03. The van der Waals surface area contributed by atoms with Gasteiger partial charge in [-0.05, 0) is 32.0 Å². The van der Waals surface area contributed by atoms with Gasteiger partial charge in [0.2, 0.25) is 5.91 Å². The third-order valence-corrected chi connectivity index (χ3v) is 3.02. The van der Waals surface area contributed by atoms with Crippen LogP contribution >= 0.6 is 0 Å². The molecule has 6 nitrogen and oxygen atoms in total. The Bertz CT molecular complexity index is 512. The smallest absolute Gasteiger partial charge is 0.251 e. The van der Waals surface area contributed by atoms with Crippen molar-refractivity contribution in [1.29, 1.82) is 0 Å². The van der Waals surface area contributed by atoms with Crippen LogP contribution in [0.15, 0.2) is 18.2 Å². The largest absolute Gasteiger partial charge is 0.495 e. The van der Waals surface area contributed by atoms with Crippen molar-refractivity contribution in [2.75, 3.05) is 26.4 Å². The molecular formula is C14H21N3O3. The summed E-state index contributed by atoms with van der Waals surface area (Å²) in [5.41, 5.74) is 5.90. The molecule has 0 aliphatic heterocycles. The first-order valence-corrected chi connectivity index (χ1v) is 6.25. The van der Waals surface area contributed by atoms with E-state index in [9.17, 15) is 9.59 Å². The summed E-state index contributed by atoms with van der Waals surface area (Å²) in [5.74, 6) is 0.107. The number of methoxy groups -OCH3 is 1. The molecule has 0 atom stereocenters. The van der Waals surface area contributed by atoms with Crippen molar-refractivity contribution in [3.8, 4) is 5.75 Å². The van der Waals surface area contributed by atoms with Gasteiger partial charge in [-0.15, -0.1) is 0 Å². The van der Waals surface area contributed by atoms with Crippen molar-refractivity contribution in [3.63, 3.8) is 0 Å². The average Bonchev–Trinajstić information content (AvgIpc) is 2.43. The maximum absolute atomic E-state index is 12.0. The Morgan fingerprint density at radius 1 is 1.35 bits per heavy atom. The van der Waals surface area contributed by atoms with E-state index in [1.807, 2.05) is 0 Å². The number of rotatable bonds is 5. The lowest BCUT2D eigenvalue weighted by molar-refractivity contribution is -0.128. The number of nitrogens with two attached hydrogens (primary N) is 1. The molecule has 110 valence electrons. The zero-order chi connectivity index (χ0) is 15.3. The Labute approximate surface area is 118 Å². The Balaban J connectivity index is 2.73. The Hall–Kier alpha value is -2.24. The van der Waals surface area contributed by atoms with Crippen LogP contribution in [0, 0.1) is 5.41 Å². The van der Waals surface area contributed by atoms with Crippen LogP contribution in [0.3, 0.4) is 0 Å². The fraction of sp³-hybridized carbons (Fsp3) is 0.429. The zero-order valence-electron chi connectivity index (χ0n) is 12.2. The van der Waals surface area contributed by atoms with E-state index in [0.29, 0.717) is 17.0 Å². The van der Waals surface area contributed by atoms with E-state index in [1.54, 1.807) is 39.1 Å². The second-order valence-electron chi connectivity index (χ2n) is 5.10. The van der Waals surface area contributed by atoms with Gasteiger partial charge in [-0.3, -0.25) is 9.59 Å². The number of benzene rings is 1. The normalized spacial score (nSPS) is 10.8. The van der Waals surface area contributed by atoms with Crippen LogP contribution in [-0.2, 0) is 4.79 Å². The van der Waals surface area contributed by atoms with Gasteiger partial charge in [-0.25, -0.2) is 0 Å². The highest BCUT2D eigenvalue weighted by atomic mass is 16.5. The molecule has 0 fully saturated rings. The van der Waals surface area contributed by atoms with Crippen molar-refractivity contribution in [2.45, 2.75) is 13.8 Å². The van der Waals surface area contributed by atoms with Gasteiger partial charge in [0, 0.05) is 19.2 Å². The predicted octanol–water partition coefficient (Wildman–Crippen LogP) is 0.779. The van der Waals surface area contributed by atoms with Gasteiger partial charge in [-0.1, -0.05) is 0 Å². The second-order valence-corrected chi connectivity index (χ2v) is 5.10. The Morgan fingerprint density at radius 2 is 2.00 bits per heavy atom. The first kappa shape index (κ1) is 15.8. The molecule has 1 aromatic rings. The topological polar surface area (TPSA) is 93.5 Å². The first-order chi connectivity index (χ1) is 9.31. The van der Waals surface area contributed by atoms with E-state index in [-0.39, 0.29) is 18.4 Å². The van der Waals surface area contributed by atoms with Gasteiger partial charge in [0.15, 0.2) is 0 Å². The summed E-state index contributed by atoms with van der Waals surface area (Å²) in [6.45, 7) is 3.75. The molecule has 0 unspecified atom stereocenters. The number of carbonyl (C=O) groups excluding carboxylic acids is 2. The lowest BCUT2D eigenvalue weighted by Gasteiger charge is -2.22. The van der Waals surface area contributed by atoms with E-state index in [0.717, 1.165) is 0 Å². The summed E-state index contributed by atoms with van der Waals surface area (Å²) in [4.78, 5) is 23.6. The molecule has 0 saturated heterocycles. The van der Waals surface area contributed by atoms with E-state index in [4.69, 9.17) is 10.5 Å². The van der Waals surface area contributed by atoms with Crippen LogP contribution < -0.4 is 21.1 Å². The van der Waals surface area contributed by atoms with Crippen molar-refractivity contribution < 1.29 is 14.3 Å². The number of nitrogen functional groups attached to an aromatic ring is 1. The number of amides is 2. The molecule has 0 aliphatic carbocycles. The highest BCUT2D eigenvalue weighted by molar-refractivity contribution is 5.96. The summed E-state index contributed by atoms with van der Waals surface area (Å²) in [5, 5.41) is 5.29. The summed E-state index contributed by atoms with van der Waals surface area (Å²) in [7, 11) is 3.08. The van der Waals surface area contributed by atoms with Gasteiger partial charge in [-0.2, -0.15) is 0 Å². The van der Waals surface area contributed by atoms with Crippen LogP contribution in [-0.4, -0.2) is 32.5 Å². The molecule has 0 aromatic heterocycles. The van der Waals surface area contributed by atoms with E-state index in [2.05, 4.69) is 10.6 Å². The number of nitrogens with one attached hydrogen (secondary N) is 2. The minimum Gasteiger partial charge on any atom is -0.495 e. The van der Waals surface area contributed by atoms with Crippen LogP contribution in [0.25, 0.3) is 0 Å². The van der Waals surface area contributed by atoms with Gasteiger partial charge in [0.25, 0.3) is 5.91 Å². The lowest BCUT2D eigenvalue weighted by Crippen LogP contribution is -2.43. The molecule has 1 rings (SSSR count). The molecule has 4 N–H and O–H groups in total. The van der Waals surface area contributed by atoms with Gasteiger partial charge < -0.3 is 21.1 Å². The van der Waals surface area contributed by atoms with Crippen LogP contribution in [0.1, 0.15) is 24.2 Å². The highest BCUT2D eigenvalue weighted by Gasteiger charge is 2.27. The third-order valence-electron chi connectivity index (χ3n) is 3.02. The number of ether oxygens (including phenoxy) is 1. The molecule has 6 heteroatoms. The lowest BCUT2D eigenvalue weighted by atomic mass is 9.92. The minimum absolute atomic E-state index is 0.132. The van der Waals surface area contributed by atoms with E-state index < -0.39 is 5.41 Å². The quantitative estimate of drug-likeness (QED) is 0.694. The van der Waals surface area contributed by atoms with Crippen molar-refractivity contribution in [3.05, 3.63) is 23.8 Å². The Morgan fingerprint density at radius 3 is 2.50 bits per heavy atom. The monoisotopic (exact) mass is 279 g/mol. The molecule has 1 aromatic carbocycles. The maximum Gasteiger partial charge on any atom is 0.251 e.